The van der Waals surface area contributed by atoms with Gasteiger partial charge >= 0.3 is 6.09 Å². The summed E-state index contributed by atoms with van der Waals surface area (Å²) in [5.74, 6) is 0.540. The zero-order chi connectivity index (χ0) is 12.1. The Morgan fingerprint density at radius 2 is 2.25 bits per heavy atom. The van der Waals surface area contributed by atoms with Crippen LogP contribution in [0.25, 0.3) is 0 Å². The minimum atomic E-state index is -0.164. The van der Waals surface area contributed by atoms with Gasteiger partial charge in [0, 0.05) is 19.1 Å². The van der Waals surface area contributed by atoms with E-state index in [1.54, 1.807) is 0 Å². The number of carbonyl (C=O) groups excluding carboxylic acids is 1. The van der Waals surface area contributed by atoms with E-state index in [2.05, 4.69) is 12.2 Å². The van der Waals surface area contributed by atoms with Crippen LogP contribution in [0.2, 0.25) is 0 Å². The van der Waals surface area contributed by atoms with Gasteiger partial charge in [0.1, 0.15) is 0 Å². The van der Waals surface area contributed by atoms with E-state index >= 15 is 0 Å². The number of carbonyl (C=O) groups is 1. The summed E-state index contributed by atoms with van der Waals surface area (Å²) in [6.07, 6.45) is 1.91. The molecule has 0 spiro atoms. The largest absolute Gasteiger partial charge is 0.447 e. The molecule has 0 bridgehead atoms. The first-order chi connectivity index (χ1) is 7.58. The van der Waals surface area contributed by atoms with Crippen molar-refractivity contribution >= 4 is 6.09 Å². The number of piperidine rings is 1. The SMILES string of the molecule is CCC1CN(C(=O)OC(C)C)CCC1NC. The van der Waals surface area contributed by atoms with Crippen molar-refractivity contribution in [3.63, 3.8) is 0 Å². The first-order valence-electron chi connectivity index (χ1n) is 6.21. The summed E-state index contributed by atoms with van der Waals surface area (Å²) >= 11 is 0. The molecule has 1 fully saturated rings. The molecule has 0 aromatic rings. The van der Waals surface area contributed by atoms with Gasteiger partial charge in [-0.3, -0.25) is 0 Å². The molecule has 1 aliphatic heterocycles. The van der Waals surface area contributed by atoms with Crippen LogP contribution in [0.15, 0.2) is 0 Å². The molecule has 1 heterocycles. The molecule has 1 saturated heterocycles. The molecular formula is C12H24N2O2. The lowest BCUT2D eigenvalue weighted by Crippen LogP contribution is -2.50. The average Bonchev–Trinajstić information content (AvgIpc) is 2.27. The van der Waals surface area contributed by atoms with Gasteiger partial charge in [-0.25, -0.2) is 4.79 Å². The molecule has 0 radical (unpaired) electrons. The van der Waals surface area contributed by atoms with E-state index in [4.69, 9.17) is 4.74 Å². The van der Waals surface area contributed by atoms with Crippen LogP contribution < -0.4 is 5.32 Å². The Morgan fingerprint density at radius 1 is 1.56 bits per heavy atom. The molecular weight excluding hydrogens is 204 g/mol. The van der Waals surface area contributed by atoms with E-state index < -0.39 is 0 Å². The van der Waals surface area contributed by atoms with Crippen molar-refractivity contribution in [3.8, 4) is 0 Å². The standard InChI is InChI=1S/C12H24N2O2/c1-5-10-8-14(7-6-11(10)13-4)12(15)16-9(2)3/h9-11,13H,5-8H2,1-4H3. The average molecular weight is 228 g/mol. The smallest absolute Gasteiger partial charge is 0.410 e. The molecule has 0 aromatic heterocycles. The number of rotatable bonds is 3. The fraction of sp³-hybridized carbons (Fsp3) is 0.917. The van der Waals surface area contributed by atoms with Crippen molar-refractivity contribution in [2.75, 3.05) is 20.1 Å². The normalized spacial score (nSPS) is 25.9. The highest BCUT2D eigenvalue weighted by Gasteiger charge is 2.30. The van der Waals surface area contributed by atoms with Gasteiger partial charge in [0.05, 0.1) is 6.10 Å². The lowest BCUT2D eigenvalue weighted by molar-refractivity contribution is 0.0562. The van der Waals surface area contributed by atoms with Crippen LogP contribution >= 0.6 is 0 Å². The summed E-state index contributed by atoms with van der Waals surface area (Å²) in [7, 11) is 2.00. The molecule has 4 nitrogen and oxygen atoms in total. The monoisotopic (exact) mass is 228 g/mol. The zero-order valence-corrected chi connectivity index (χ0v) is 10.8. The Kier molecular flexibility index (Phi) is 5.06. The predicted octanol–water partition coefficient (Wildman–Crippen LogP) is 1.85. The lowest BCUT2D eigenvalue weighted by Gasteiger charge is -2.37. The Morgan fingerprint density at radius 3 is 2.75 bits per heavy atom. The first kappa shape index (κ1) is 13.3. The van der Waals surface area contributed by atoms with Crippen LogP contribution in [0.5, 0.6) is 0 Å². The summed E-state index contributed by atoms with van der Waals surface area (Å²) in [5, 5.41) is 3.33. The van der Waals surface area contributed by atoms with Gasteiger partial charge in [-0.2, -0.15) is 0 Å². The molecule has 2 unspecified atom stereocenters. The second-order valence-electron chi connectivity index (χ2n) is 4.73. The van der Waals surface area contributed by atoms with Crippen molar-refractivity contribution < 1.29 is 9.53 Å². The molecule has 1 amide bonds. The minimum Gasteiger partial charge on any atom is -0.447 e. The quantitative estimate of drug-likeness (QED) is 0.801. The lowest BCUT2D eigenvalue weighted by atomic mass is 9.90. The third kappa shape index (κ3) is 3.37. The van der Waals surface area contributed by atoms with E-state index in [1.807, 2.05) is 25.8 Å². The van der Waals surface area contributed by atoms with Crippen LogP contribution in [0.3, 0.4) is 0 Å². The van der Waals surface area contributed by atoms with Gasteiger partial charge in [0.25, 0.3) is 0 Å². The number of nitrogens with one attached hydrogen (secondary N) is 1. The van der Waals surface area contributed by atoms with Gasteiger partial charge in [-0.15, -0.1) is 0 Å². The number of nitrogens with zero attached hydrogens (tertiary/aromatic N) is 1. The molecule has 16 heavy (non-hydrogen) atoms. The second-order valence-corrected chi connectivity index (χ2v) is 4.73. The Hall–Kier alpha value is -0.770. The highest BCUT2D eigenvalue weighted by molar-refractivity contribution is 5.67. The fourth-order valence-corrected chi connectivity index (χ4v) is 2.27. The van der Waals surface area contributed by atoms with Crippen LogP contribution in [0.1, 0.15) is 33.6 Å². The topological polar surface area (TPSA) is 41.6 Å². The molecule has 1 N–H and O–H groups in total. The van der Waals surface area contributed by atoms with Crippen molar-refractivity contribution in [1.82, 2.24) is 10.2 Å². The highest BCUT2D eigenvalue weighted by Crippen LogP contribution is 2.20. The summed E-state index contributed by atoms with van der Waals surface area (Å²) in [6, 6.07) is 0.535. The predicted molar refractivity (Wildman–Crippen MR) is 64.4 cm³/mol. The molecule has 2 atom stereocenters. The van der Waals surface area contributed by atoms with E-state index in [1.165, 1.54) is 0 Å². The fourth-order valence-electron chi connectivity index (χ4n) is 2.27. The van der Waals surface area contributed by atoms with Crippen LogP contribution in [0.4, 0.5) is 4.79 Å². The first-order valence-corrected chi connectivity index (χ1v) is 6.21. The van der Waals surface area contributed by atoms with Gasteiger partial charge in [0.2, 0.25) is 0 Å². The number of hydrogen-bond acceptors (Lipinski definition) is 3. The van der Waals surface area contributed by atoms with E-state index in [-0.39, 0.29) is 12.2 Å². The molecule has 0 aliphatic carbocycles. The van der Waals surface area contributed by atoms with Gasteiger partial charge in [0.15, 0.2) is 0 Å². The Labute approximate surface area is 98.3 Å². The maximum atomic E-state index is 11.7. The molecule has 4 heteroatoms. The van der Waals surface area contributed by atoms with Gasteiger partial charge < -0.3 is 15.0 Å². The van der Waals surface area contributed by atoms with Crippen molar-refractivity contribution in [2.24, 2.45) is 5.92 Å². The summed E-state index contributed by atoms with van der Waals surface area (Å²) in [6.45, 7) is 7.55. The molecule has 0 saturated carbocycles. The van der Waals surface area contributed by atoms with Crippen molar-refractivity contribution in [3.05, 3.63) is 0 Å². The Balaban J connectivity index is 2.50. The third-order valence-corrected chi connectivity index (χ3v) is 3.22. The molecule has 94 valence electrons. The van der Waals surface area contributed by atoms with E-state index in [9.17, 15) is 4.79 Å². The third-order valence-electron chi connectivity index (χ3n) is 3.22. The maximum Gasteiger partial charge on any atom is 0.410 e. The number of amides is 1. The van der Waals surface area contributed by atoms with Gasteiger partial charge in [-0.1, -0.05) is 13.3 Å². The van der Waals surface area contributed by atoms with Crippen molar-refractivity contribution in [2.45, 2.75) is 45.8 Å². The van der Waals surface area contributed by atoms with E-state index in [0.29, 0.717) is 12.0 Å². The molecule has 1 aliphatic rings. The second kappa shape index (κ2) is 6.09. The highest BCUT2D eigenvalue weighted by atomic mass is 16.6. The van der Waals surface area contributed by atoms with Crippen LogP contribution in [-0.2, 0) is 4.74 Å². The Bertz CT molecular complexity index is 231. The molecule has 1 rings (SSSR count). The van der Waals surface area contributed by atoms with Gasteiger partial charge in [-0.05, 0) is 33.2 Å². The minimum absolute atomic E-state index is 0.0328. The van der Waals surface area contributed by atoms with Crippen LogP contribution in [-0.4, -0.2) is 43.3 Å². The van der Waals surface area contributed by atoms with Crippen molar-refractivity contribution in [1.29, 1.82) is 0 Å². The summed E-state index contributed by atoms with van der Waals surface area (Å²) < 4.78 is 5.22. The van der Waals surface area contributed by atoms with Crippen LogP contribution in [0, 0.1) is 5.92 Å². The number of hydrogen-bond donors (Lipinski definition) is 1. The number of ether oxygens (including phenoxy) is 1. The number of likely N-dealkylation sites (tertiary alicyclic amines) is 1. The molecule has 0 aromatic carbocycles. The van der Waals surface area contributed by atoms with E-state index in [0.717, 1.165) is 25.9 Å². The maximum absolute atomic E-state index is 11.7. The zero-order valence-electron chi connectivity index (χ0n) is 10.8. The summed E-state index contributed by atoms with van der Waals surface area (Å²) in [4.78, 5) is 13.6. The summed E-state index contributed by atoms with van der Waals surface area (Å²) in [5.41, 5.74) is 0.